The number of aromatic carboxylic acids is 1. The molecule has 0 aromatic heterocycles. The van der Waals surface area contributed by atoms with Crippen LogP contribution in [0.2, 0.25) is 0 Å². The first-order valence-corrected chi connectivity index (χ1v) is 9.52. The summed E-state index contributed by atoms with van der Waals surface area (Å²) in [6, 6.07) is 19.0. The molecule has 0 radical (unpaired) electrons. The fourth-order valence-corrected chi connectivity index (χ4v) is 4.03. The topological polar surface area (TPSA) is 94.9 Å². The van der Waals surface area contributed by atoms with Gasteiger partial charge in [0.1, 0.15) is 11.3 Å². The summed E-state index contributed by atoms with van der Waals surface area (Å²) in [4.78, 5) is 11.0. The van der Waals surface area contributed by atoms with E-state index < -0.39 is 27.3 Å². The van der Waals surface area contributed by atoms with Crippen LogP contribution in [0.1, 0.15) is 10.4 Å². The fourth-order valence-electron chi connectivity index (χ4n) is 2.53. The Hall–Kier alpha value is -3.03. The number of anilines is 1. The van der Waals surface area contributed by atoms with E-state index in [4.69, 9.17) is 16.9 Å². The molecule has 27 heavy (non-hydrogen) atoms. The molecule has 3 rings (SSSR count). The van der Waals surface area contributed by atoms with Crippen molar-refractivity contribution in [2.45, 2.75) is 4.90 Å². The Bertz CT molecular complexity index is 1100. The van der Waals surface area contributed by atoms with Crippen LogP contribution in [0.4, 0.5) is 5.69 Å². The molecule has 0 atom stereocenters. The molecule has 0 aliphatic rings. The molecular weight excluding hydrogens is 390 g/mol. The number of para-hydroxylation sites is 1. The van der Waals surface area contributed by atoms with Crippen LogP contribution in [0.15, 0.2) is 77.7 Å². The third-order valence-corrected chi connectivity index (χ3v) is 6.08. The van der Waals surface area contributed by atoms with E-state index in [1.807, 2.05) is 30.3 Å². The minimum Gasteiger partial charge on any atom is -0.505 e. The van der Waals surface area contributed by atoms with Crippen LogP contribution in [-0.4, -0.2) is 24.6 Å². The van der Waals surface area contributed by atoms with Gasteiger partial charge in [-0.15, -0.1) is 0 Å². The van der Waals surface area contributed by atoms with Crippen LogP contribution in [0.5, 0.6) is 5.75 Å². The maximum Gasteiger partial charge on any atom is 0.339 e. The zero-order chi connectivity index (χ0) is 19.6. The normalized spacial score (nSPS) is 11.1. The number of hydrogen-bond acceptors (Lipinski definition) is 4. The summed E-state index contributed by atoms with van der Waals surface area (Å²) >= 11 is 6.01. The molecule has 0 aliphatic heterocycles. The summed E-state index contributed by atoms with van der Waals surface area (Å²) in [5, 5.41) is 19.2. The van der Waals surface area contributed by atoms with Crippen LogP contribution < -0.4 is 3.82 Å². The van der Waals surface area contributed by atoms with Gasteiger partial charge in [-0.25, -0.2) is 4.79 Å². The maximum atomic E-state index is 12.9. The monoisotopic (exact) mass is 403 g/mol. The molecule has 3 aromatic rings. The highest BCUT2D eigenvalue weighted by molar-refractivity contribution is 7.94. The molecule has 0 aliphatic carbocycles. The number of carbonyl (C=O) groups is 1. The van der Waals surface area contributed by atoms with Gasteiger partial charge < -0.3 is 10.2 Å². The largest absolute Gasteiger partial charge is 0.505 e. The minimum absolute atomic E-state index is 0.0982. The van der Waals surface area contributed by atoms with Crippen molar-refractivity contribution in [3.63, 3.8) is 0 Å². The number of nitrogens with zero attached hydrogens (tertiary/aromatic N) is 1. The molecule has 0 amide bonds. The second-order valence-corrected chi connectivity index (χ2v) is 7.92. The van der Waals surface area contributed by atoms with Crippen molar-refractivity contribution < 1.29 is 23.4 Å². The third-order valence-electron chi connectivity index (χ3n) is 3.88. The Kier molecular flexibility index (Phi) is 5.07. The lowest BCUT2D eigenvalue weighted by atomic mass is 10.1. The standard InChI is InChI=1S/C19H14ClNO5S/c20-21(17-11-5-10-16(18(17)22)19(23)24)27(25,26)15-9-4-8-14(12-15)13-6-2-1-3-7-13/h1-12,22H,(H,23,24). The van der Waals surface area contributed by atoms with Gasteiger partial charge in [-0.2, -0.15) is 12.2 Å². The lowest BCUT2D eigenvalue weighted by molar-refractivity contribution is 0.0694. The van der Waals surface area contributed by atoms with Crippen LogP contribution in [0.25, 0.3) is 11.1 Å². The Morgan fingerprint density at radius 1 is 0.889 bits per heavy atom. The van der Waals surface area contributed by atoms with E-state index in [1.54, 1.807) is 12.1 Å². The van der Waals surface area contributed by atoms with Crippen molar-refractivity contribution in [2.75, 3.05) is 3.82 Å². The maximum absolute atomic E-state index is 12.9. The molecule has 0 fully saturated rings. The van der Waals surface area contributed by atoms with E-state index in [0.717, 1.165) is 11.6 Å². The van der Waals surface area contributed by atoms with Crippen molar-refractivity contribution in [2.24, 2.45) is 0 Å². The highest BCUT2D eigenvalue weighted by atomic mass is 35.5. The fraction of sp³-hybridized carbons (Fsp3) is 0. The van der Waals surface area contributed by atoms with Gasteiger partial charge in [-0.1, -0.05) is 48.5 Å². The summed E-state index contributed by atoms with van der Waals surface area (Å²) in [6.07, 6.45) is 0. The second-order valence-electron chi connectivity index (χ2n) is 5.59. The van der Waals surface area contributed by atoms with E-state index >= 15 is 0 Å². The van der Waals surface area contributed by atoms with Crippen LogP contribution in [-0.2, 0) is 10.0 Å². The van der Waals surface area contributed by atoms with Gasteiger partial charge in [0.2, 0.25) is 0 Å². The Balaban J connectivity index is 2.05. The van der Waals surface area contributed by atoms with Gasteiger partial charge in [-0.3, -0.25) is 0 Å². The molecule has 0 spiro atoms. The van der Waals surface area contributed by atoms with E-state index in [9.17, 15) is 18.3 Å². The first-order chi connectivity index (χ1) is 12.8. The average Bonchev–Trinajstić information content (AvgIpc) is 2.68. The number of rotatable bonds is 5. The van der Waals surface area contributed by atoms with E-state index in [1.165, 1.54) is 24.3 Å². The average molecular weight is 404 g/mol. The highest BCUT2D eigenvalue weighted by Crippen LogP contribution is 2.36. The van der Waals surface area contributed by atoms with Gasteiger partial charge in [0, 0.05) is 11.8 Å². The Morgan fingerprint density at radius 3 is 2.19 bits per heavy atom. The van der Waals surface area contributed by atoms with Gasteiger partial charge in [0.05, 0.1) is 4.90 Å². The van der Waals surface area contributed by atoms with E-state index in [-0.39, 0.29) is 10.6 Å². The van der Waals surface area contributed by atoms with Crippen molar-refractivity contribution in [3.8, 4) is 16.9 Å². The van der Waals surface area contributed by atoms with Crippen molar-refractivity contribution >= 4 is 33.5 Å². The number of hydrogen-bond donors (Lipinski definition) is 2. The number of carboxylic acid groups (broad SMARTS) is 1. The second kappa shape index (κ2) is 7.30. The molecule has 3 aromatic carbocycles. The molecule has 2 N–H and O–H groups in total. The van der Waals surface area contributed by atoms with Crippen LogP contribution in [0, 0.1) is 0 Å². The highest BCUT2D eigenvalue weighted by Gasteiger charge is 2.28. The zero-order valence-corrected chi connectivity index (χ0v) is 15.4. The van der Waals surface area contributed by atoms with Crippen molar-refractivity contribution in [1.29, 1.82) is 0 Å². The number of phenols is 1. The van der Waals surface area contributed by atoms with Gasteiger partial charge in [-0.05, 0) is 35.4 Å². The summed E-state index contributed by atoms with van der Waals surface area (Å²) in [7, 11) is -4.24. The predicted molar refractivity (Wildman–Crippen MR) is 102 cm³/mol. The number of carboxylic acids is 1. The summed E-state index contributed by atoms with van der Waals surface area (Å²) in [6.45, 7) is 0. The SMILES string of the molecule is O=C(O)c1cccc(N(Cl)S(=O)(=O)c2cccc(-c3ccccc3)c2)c1O. The quantitative estimate of drug-likeness (QED) is 0.625. The molecular formula is C19H14ClNO5S. The molecule has 0 unspecified atom stereocenters. The molecule has 6 nitrogen and oxygen atoms in total. The van der Waals surface area contributed by atoms with Crippen molar-refractivity contribution in [3.05, 3.63) is 78.4 Å². The number of sulfonamides is 1. The summed E-state index contributed by atoms with van der Waals surface area (Å²) < 4.78 is 26.1. The first kappa shape index (κ1) is 18.8. The summed E-state index contributed by atoms with van der Waals surface area (Å²) in [5.74, 6) is -2.13. The predicted octanol–water partition coefficient (Wildman–Crippen LogP) is 4.11. The zero-order valence-electron chi connectivity index (χ0n) is 13.8. The van der Waals surface area contributed by atoms with Gasteiger partial charge >= 0.3 is 5.97 Å². The van der Waals surface area contributed by atoms with Gasteiger partial charge in [0.25, 0.3) is 10.0 Å². The third kappa shape index (κ3) is 3.60. The Labute approximate surface area is 161 Å². The minimum atomic E-state index is -4.24. The first-order valence-electron chi connectivity index (χ1n) is 7.74. The van der Waals surface area contributed by atoms with Crippen LogP contribution >= 0.6 is 11.8 Å². The number of aromatic hydroxyl groups is 1. The molecule has 0 heterocycles. The van der Waals surface area contributed by atoms with Crippen LogP contribution in [0.3, 0.4) is 0 Å². The molecule has 0 saturated heterocycles. The summed E-state index contributed by atoms with van der Waals surface area (Å²) in [5.41, 5.74) is 0.699. The van der Waals surface area contributed by atoms with Crippen molar-refractivity contribution in [1.82, 2.24) is 0 Å². The lowest BCUT2D eigenvalue weighted by Gasteiger charge is -2.18. The molecule has 8 heteroatoms. The van der Waals surface area contributed by atoms with Gasteiger partial charge in [0.15, 0.2) is 5.75 Å². The number of halogens is 1. The molecule has 0 saturated carbocycles. The number of benzene rings is 3. The Morgan fingerprint density at radius 2 is 1.52 bits per heavy atom. The van der Waals surface area contributed by atoms with E-state index in [2.05, 4.69) is 0 Å². The molecule has 0 bridgehead atoms. The van der Waals surface area contributed by atoms with E-state index in [0.29, 0.717) is 9.39 Å². The molecule has 138 valence electrons. The lowest BCUT2D eigenvalue weighted by Crippen LogP contribution is -2.21. The smallest absolute Gasteiger partial charge is 0.339 e.